The van der Waals surface area contributed by atoms with Gasteiger partial charge in [0.2, 0.25) is 0 Å². The van der Waals surface area contributed by atoms with Crippen LogP contribution in [0.2, 0.25) is 0 Å². The van der Waals surface area contributed by atoms with Gasteiger partial charge in [-0.3, -0.25) is 0 Å². The highest BCUT2D eigenvalue weighted by molar-refractivity contribution is 6.23. The summed E-state index contributed by atoms with van der Waals surface area (Å²) in [6.07, 6.45) is 0. The molecule has 228 valence electrons. The molecule has 1 heterocycles. The van der Waals surface area contributed by atoms with Gasteiger partial charge in [-0.15, -0.1) is 0 Å². The Bertz CT molecular complexity index is 2800. The number of hydrogen-bond donors (Lipinski definition) is 0. The van der Waals surface area contributed by atoms with Crippen molar-refractivity contribution < 1.29 is 4.42 Å². The fourth-order valence-electron chi connectivity index (χ4n) is 7.87. The van der Waals surface area contributed by atoms with Gasteiger partial charge in [-0.05, 0) is 95.0 Å². The van der Waals surface area contributed by atoms with Crippen LogP contribution >= 0.6 is 0 Å². The SMILES string of the molecule is c1ccc(-c2ccc(-c3c4ccccc4c(-c4cccc5cc(-c6cccc7oc8ccccc8c67)ccc45)c4ccccc34)cc2)cc1. The molecule has 0 amide bonds. The maximum atomic E-state index is 6.23. The summed E-state index contributed by atoms with van der Waals surface area (Å²) in [6, 6.07) is 65.8. The molecule has 0 N–H and O–H groups in total. The number of hydrogen-bond acceptors (Lipinski definition) is 1. The van der Waals surface area contributed by atoms with Crippen LogP contribution in [0.3, 0.4) is 0 Å². The molecule has 0 aliphatic heterocycles. The molecule has 0 spiro atoms. The highest BCUT2D eigenvalue weighted by Gasteiger charge is 2.19. The minimum atomic E-state index is 0.917. The van der Waals surface area contributed by atoms with E-state index in [1.165, 1.54) is 76.8 Å². The molecule has 0 unspecified atom stereocenters. The first-order valence-corrected chi connectivity index (χ1v) is 16.8. The van der Waals surface area contributed by atoms with E-state index in [0.717, 1.165) is 21.9 Å². The summed E-state index contributed by atoms with van der Waals surface area (Å²) in [5.74, 6) is 0. The third-order valence-corrected chi connectivity index (χ3v) is 10.1. The zero-order chi connectivity index (χ0) is 32.3. The van der Waals surface area contributed by atoms with Crippen molar-refractivity contribution >= 4 is 54.3 Å². The Balaban J connectivity index is 1.18. The zero-order valence-electron chi connectivity index (χ0n) is 26.7. The molecule has 1 aromatic heterocycles. The number of fused-ring (bicyclic) bond motifs is 6. The molecule has 9 aromatic carbocycles. The lowest BCUT2D eigenvalue weighted by molar-refractivity contribution is 0.669. The number of para-hydroxylation sites is 1. The van der Waals surface area contributed by atoms with E-state index in [4.69, 9.17) is 4.42 Å². The second kappa shape index (κ2) is 11.1. The lowest BCUT2D eigenvalue weighted by atomic mass is 9.84. The van der Waals surface area contributed by atoms with Crippen LogP contribution in [0.5, 0.6) is 0 Å². The van der Waals surface area contributed by atoms with Gasteiger partial charge in [0.25, 0.3) is 0 Å². The zero-order valence-corrected chi connectivity index (χ0v) is 26.7. The Morgan fingerprint density at radius 2 is 0.816 bits per heavy atom. The summed E-state index contributed by atoms with van der Waals surface area (Å²) >= 11 is 0. The smallest absolute Gasteiger partial charge is 0.136 e. The van der Waals surface area contributed by atoms with E-state index < -0.39 is 0 Å². The minimum absolute atomic E-state index is 0.917. The van der Waals surface area contributed by atoms with Crippen LogP contribution in [0.4, 0.5) is 0 Å². The van der Waals surface area contributed by atoms with E-state index in [2.05, 4.69) is 170 Å². The normalized spacial score (nSPS) is 11.7. The molecule has 1 heteroatoms. The fraction of sp³-hybridized carbons (Fsp3) is 0. The first-order chi connectivity index (χ1) is 24.3. The molecule has 10 aromatic rings. The Hall–Kier alpha value is -6.44. The molecule has 0 aliphatic carbocycles. The summed E-state index contributed by atoms with van der Waals surface area (Å²) in [6.45, 7) is 0. The van der Waals surface area contributed by atoms with Gasteiger partial charge in [0.1, 0.15) is 11.2 Å². The monoisotopic (exact) mass is 622 g/mol. The molecule has 0 fully saturated rings. The molecule has 0 atom stereocenters. The van der Waals surface area contributed by atoms with E-state index in [-0.39, 0.29) is 0 Å². The number of furan rings is 1. The van der Waals surface area contributed by atoms with Crippen LogP contribution in [0, 0.1) is 0 Å². The van der Waals surface area contributed by atoms with Crippen molar-refractivity contribution in [2.75, 3.05) is 0 Å². The van der Waals surface area contributed by atoms with Gasteiger partial charge >= 0.3 is 0 Å². The average molecular weight is 623 g/mol. The predicted molar refractivity (Wildman–Crippen MR) is 208 cm³/mol. The van der Waals surface area contributed by atoms with Crippen molar-refractivity contribution in [3.8, 4) is 44.5 Å². The highest BCUT2D eigenvalue weighted by atomic mass is 16.3. The Morgan fingerprint density at radius 1 is 0.286 bits per heavy atom. The topological polar surface area (TPSA) is 13.1 Å². The Kier molecular flexibility index (Phi) is 6.25. The van der Waals surface area contributed by atoms with Crippen molar-refractivity contribution in [2.24, 2.45) is 0 Å². The quantitative estimate of drug-likeness (QED) is 0.178. The molecule has 10 rings (SSSR count). The standard InChI is InChI=1S/C48H30O/c1-2-12-31(13-3-1)32-24-26-33(27-25-32)46-39-15-4-6-17-41(39)47(42-18-7-5-16-40(42)46)38-21-10-14-34-30-35(28-29-36(34)38)37-20-11-23-45-48(37)43-19-8-9-22-44(43)49-45/h1-30H. The van der Waals surface area contributed by atoms with Crippen LogP contribution in [0.25, 0.3) is 98.8 Å². The van der Waals surface area contributed by atoms with Crippen LogP contribution in [0.1, 0.15) is 0 Å². The van der Waals surface area contributed by atoms with Gasteiger partial charge in [-0.1, -0.05) is 164 Å². The summed E-state index contributed by atoms with van der Waals surface area (Å²) in [5, 5.41) is 9.81. The fourth-order valence-corrected chi connectivity index (χ4v) is 7.87. The number of rotatable bonds is 4. The molecule has 1 nitrogen and oxygen atoms in total. The lowest BCUT2D eigenvalue weighted by Gasteiger charge is -2.19. The second-order valence-corrected chi connectivity index (χ2v) is 12.8. The summed E-state index contributed by atoms with van der Waals surface area (Å²) in [7, 11) is 0. The molecule has 0 saturated heterocycles. The summed E-state index contributed by atoms with van der Waals surface area (Å²) in [5.41, 5.74) is 11.7. The van der Waals surface area contributed by atoms with Crippen molar-refractivity contribution in [2.45, 2.75) is 0 Å². The maximum absolute atomic E-state index is 6.23. The van der Waals surface area contributed by atoms with Crippen LogP contribution in [-0.4, -0.2) is 0 Å². The van der Waals surface area contributed by atoms with E-state index >= 15 is 0 Å². The molecule has 0 bridgehead atoms. The van der Waals surface area contributed by atoms with Gasteiger partial charge in [-0.2, -0.15) is 0 Å². The lowest BCUT2D eigenvalue weighted by Crippen LogP contribution is -1.92. The molecule has 0 aliphatic rings. The molecule has 0 saturated carbocycles. The molecule has 0 radical (unpaired) electrons. The van der Waals surface area contributed by atoms with Crippen molar-refractivity contribution in [3.63, 3.8) is 0 Å². The molecular weight excluding hydrogens is 593 g/mol. The van der Waals surface area contributed by atoms with Gasteiger partial charge < -0.3 is 4.42 Å². The predicted octanol–water partition coefficient (Wildman–Crippen LogP) is 13.7. The van der Waals surface area contributed by atoms with Gasteiger partial charge in [0, 0.05) is 10.8 Å². The maximum Gasteiger partial charge on any atom is 0.136 e. The van der Waals surface area contributed by atoms with Crippen molar-refractivity contribution in [3.05, 3.63) is 182 Å². The Labute approximate surface area is 284 Å². The van der Waals surface area contributed by atoms with Crippen molar-refractivity contribution in [1.82, 2.24) is 0 Å². The van der Waals surface area contributed by atoms with Gasteiger partial charge in [-0.25, -0.2) is 0 Å². The second-order valence-electron chi connectivity index (χ2n) is 12.8. The third kappa shape index (κ3) is 4.40. The van der Waals surface area contributed by atoms with E-state index in [0.29, 0.717) is 0 Å². The summed E-state index contributed by atoms with van der Waals surface area (Å²) in [4.78, 5) is 0. The minimum Gasteiger partial charge on any atom is -0.456 e. The first-order valence-electron chi connectivity index (χ1n) is 16.8. The summed E-state index contributed by atoms with van der Waals surface area (Å²) < 4.78 is 6.23. The Morgan fingerprint density at radius 3 is 1.55 bits per heavy atom. The molecular formula is C48H30O. The van der Waals surface area contributed by atoms with Gasteiger partial charge in [0.15, 0.2) is 0 Å². The van der Waals surface area contributed by atoms with Gasteiger partial charge in [0.05, 0.1) is 0 Å². The largest absolute Gasteiger partial charge is 0.456 e. The van der Waals surface area contributed by atoms with E-state index in [1.807, 2.05) is 12.1 Å². The first kappa shape index (κ1) is 27.7. The van der Waals surface area contributed by atoms with Crippen LogP contribution in [0.15, 0.2) is 186 Å². The van der Waals surface area contributed by atoms with Crippen molar-refractivity contribution in [1.29, 1.82) is 0 Å². The third-order valence-electron chi connectivity index (χ3n) is 10.1. The highest BCUT2D eigenvalue weighted by Crippen LogP contribution is 2.46. The molecule has 49 heavy (non-hydrogen) atoms. The number of benzene rings is 9. The van der Waals surface area contributed by atoms with E-state index in [1.54, 1.807) is 0 Å². The van der Waals surface area contributed by atoms with E-state index in [9.17, 15) is 0 Å². The van der Waals surface area contributed by atoms with Crippen LogP contribution < -0.4 is 0 Å². The average Bonchev–Trinajstić information content (AvgIpc) is 3.56. The van der Waals surface area contributed by atoms with Crippen LogP contribution in [-0.2, 0) is 0 Å².